The number of imide groups is 1. The van der Waals surface area contributed by atoms with Crippen molar-refractivity contribution in [1.82, 2.24) is 10.6 Å². The topological polar surface area (TPSA) is 129 Å². The number of nitrogens with one attached hydrogen (secondary N) is 2. The van der Waals surface area contributed by atoms with E-state index in [0.717, 1.165) is 36.6 Å². The molecule has 1 unspecified atom stereocenters. The van der Waals surface area contributed by atoms with Crippen molar-refractivity contribution in [2.45, 2.75) is 63.1 Å². The summed E-state index contributed by atoms with van der Waals surface area (Å²) in [6, 6.07) is 2.91. The molecular formula is C20H22BN3O5. The van der Waals surface area contributed by atoms with Gasteiger partial charge < -0.3 is 15.2 Å². The minimum atomic E-state index is -1.03. The Bertz CT molecular complexity index is 917. The first-order chi connectivity index (χ1) is 13.9. The van der Waals surface area contributed by atoms with Crippen LogP contribution in [0.4, 0.5) is 0 Å². The van der Waals surface area contributed by atoms with E-state index in [1.165, 1.54) is 0 Å². The molecule has 0 saturated carbocycles. The van der Waals surface area contributed by atoms with E-state index in [0.29, 0.717) is 18.6 Å². The second-order valence-electron chi connectivity index (χ2n) is 7.99. The van der Waals surface area contributed by atoms with Crippen molar-refractivity contribution in [2.24, 2.45) is 0 Å². The van der Waals surface area contributed by atoms with E-state index < -0.39 is 17.6 Å². The number of carboxylic acid groups (broad SMARTS) is 1. The largest absolute Gasteiger partial charge is 0.478 e. The van der Waals surface area contributed by atoms with Gasteiger partial charge in [-0.2, -0.15) is 0 Å². The quantitative estimate of drug-likeness (QED) is 0.519. The number of fused-ring (bicyclic) bond motifs is 2. The summed E-state index contributed by atoms with van der Waals surface area (Å²) in [5.41, 5.74) is 2.22. The minimum Gasteiger partial charge on any atom is -0.478 e. The molecule has 2 amide bonds. The fourth-order valence-electron chi connectivity index (χ4n) is 4.72. The molecule has 1 spiro atoms. The van der Waals surface area contributed by atoms with Crippen LogP contribution >= 0.6 is 0 Å². The fraction of sp³-hybridized carbons (Fsp3) is 0.500. The second kappa shape index (κ2) is 7.62. The maximum Gasteiger partial charge on any atom is 0.336 e. The molecular weight excluding hydrogens is 373 g/mol. The Morgan fingerprint density at radius 2 is 2.14 bits per heavy atom. The molecule has 1 atom stereocenters. The van der Waals surface area contributed by atoms with Gasteiger partial charge in [0.05, 0.1) is 23.8 Å². The second-order valence-corrected chi connectivity index (χ2v) is 7.99. The Morgan fingerprint density at radius 3 is 2.79 bits per heavy atom. The summed E-state index contributed by atoms with van der Waals surface area (Å²) >= 11 is 0. The van der Waals surface area contributed by atoms with Gasteiger partial charge in [0.2, 0.25) is 11.8 Å². The number of nitriles is 1. The van der Waals surface area contributed by atoms with Crippen LogP contribution in [0, 0.1) is 11.2 Å². The summed E-state index contributed by atoms with van der Waals surface area (Å²) in [6.45, 7) is 0.567. The molecule has 2 saturated heterocycles. The van der Waals surface area contributed by atoms with Crippen LogP contribution in [0.25, 0.3) is 0 Å². The van der Waals surface area contributed by atoms with Gasteiger partial charge in [0.15, 0.2) is 0 Å². The fourth-order valence-corrected chi connectivity index (χ4v) is 4.72. The van der Waals surface area contributed by atoms with Crippen LogP contribution in [0.5, 0.6) is 0 Å². The van der Waals surface area contributed by atoms with Crippen molar-refractivity contribution >= 4 is 24.5 Å². The zero-order chi connectivity index (χ0) is 20.6. The van der Waals surface area contributed by atoms with E-state index in [2.05, 4.69) is 16.6 Å². The molecule has 3 heterocycles. The number of aromatic carboxylic acids is 1. The number of ether oxygens (including phenoxy) is 1. The Hall–Kier alpha value is -2.70. The van der Waals surface area contributed by atoms with Crippen molar-refractivity contribution in [1.29, 1.82) is 5.26 Å². The zero-order valence-electron chi connectivity index (χ0n) is 16.0. The number of carboxylic acids is 1. The molecule has 0 aromatic heterocycles. The lowest BCUT2D eigenvalue weighted by molar-refractivity contribution is -0.134. The first-order valence-electron chi connectivity index (χ1n) is 9.93. The summed E-state index contributed by atoms with van der Waals surface area (Å²) < 4.78 is 6.19. The molecule has 9 heteroatoms. The Morgan fingerprint density at radius 1 is 1.38 bits per heavy atom. The maximum absolute atomic E-state index is 12.0. The van der Waals surface area contributed by atoms with Crippen LogP contribution in [0.3, 0.4) is 0 Å². The number of rotatable bonds is 4. The highest BCUT2D eigenvalue weighted by Gasteiger charge is 2.45. The van der Waals surface area contributed by atoms with E-state index >= 15 is 0 Å². The first-order valence-corrected chi connectivity index (χ1v) is 9.93. The highest BCUT2D eigenvalue weighted by molar-refractivity contribution is 6.67. The van der Waals surface area contributed by atoms with Crippen molar-refractivity contribution in [2.75, 3.05) is 0 Å². The average Bonchev–Trinajstić information content (AvgIpc) is 3.06. The van der Waals surface area contributed by atoms with Crippen LogP contribution in [-0.4, -0.2) is 35.6 Å². The zero-order valence-corrected chi connectivity index (χ0v) is 16.0. The SMILES string of the molecule is N#CB1CCC2(CC1)OCc1c2ccc(C(=O)O)c1CNC1CCC(=O)NC1=O. The van der Waals surface area contributed by atoms with Gasteiger partial charge in [0.1, 0.15) is 0 Å². The van der Waals surface area contributed by atoms with E-state index in [1.54, 1.807) is 6.07 Å². The highest BCUT2D eigenvalue weighted by Crippen LogP contribution is 2.48. The van der Waals surface area contributed by atoms with Crippen LogP contribution < -0.4 is 10.6 Å². The average molecular weight is 395 g/mol. The Balaban J connectivity index is 1.60. The Kier molecular flexibility index (Phi) is 5.15. The number of carbonyl (C=O) groups is 3. The van der Waals surface area contributed by atoms with Gasteiger partial charge in [0.25, 0.3) is 6.71 Å². The van der Waals surface area contributed by atoms with Crippen LogP contribution in [-0.2, 0) is 33.1 Å². The summed E-state index contributed by atoms with van der Waals surface area (Å²) in [4.78, 5) is 35.2. The van der Waals surface area contributed by atoms with Gasteiger partial charge in [-0.05, 0) is 42.0 Å². The third kappa shape index (κ3) is 3.54. The normalized spacial score (nSPS) is 22.9. The highest BCUT2D eigenvalue weighted by atomic mass is 16.5. The monoisotopic (exact) mass is 395 g/mol. The summed E-state index contributed by atoms with van der Waals surface area (Å²) in [7, 11) is 0. The van der Waals surface area contributed by atoms with Gasteiger partial charge in [-0.25, -0.2) is 10.1 Å². The number of piperidine rings is 1. The van der Waals surface area contributed by atoms with Gasteiger partial charge in [-0.15, -0.1) is 0 Å². The molecule has 4 rings (SSSR count). The van der Waals surface area contributed by atoms with Gasteiger partial charge >= 0.3 is 5.97 Å². The molecule has 1 aromatic carbocycles. The number of nitrogens with zero attached hydrogens (tertiary/aromatic N) is 1. The molecule has 0 aliphatic carbocycles. The van der Waals surface area contributed by atoms with Gasteiger partial charge in [0, 0.05) is 18.9 Å². The smallest absolute Gasteiger partial charge is 0.336 e. The number of carbonyl (C=O) groups excluding carboxylic acids is 2. The number of hydrogen-bond donors (Lipinski definition) is 3. The lowest BCUT2D eigenvalue weighted by atomic mass is 9.41. The molecule has 29 heavy (non-hydrogen) atoms. The molecule has 3 aliphatic rings. The van der Waals surface area contributed by atoms with Gasteiger partial charge in [-0.3, -0.25) is 14.9 Å². The van der Waals surface area contributed by atoms with Gasteiger partial charge in [-0.1, -0.05) is 18.7 Å². The molecule has 0 radical (unpaired) electrons. The standard InChI is InChI=1S/C20H22BN3O5/c22-11-21-7-5-20(6-8-21)15-2-1-12(19(27)28)13(14(15)10-29-20)9-23-16-3-4-17(25)24-18(16)26/h1-2,16,23H,3-10H2,(H,27,28)(H,24,25,26). The first kappa shape index (κ1) is 19.6. The number of benzene rings is 1. The molecule has 3 N–H and O–H groups in total. The number of amides is 2. The molecule has 1 aromatic rings. The lowest BCUT2D eigenvalue weighted by Crippen LogP contribution is -2.50. The third-order valence-electron chi connectivity index (χ3n) is 6.39. The Labute approximate surface area is 168 Å². The van der Waals surface area contributed by atoms with Crippen LogP contribution in [0.1, 0.15) is 52.7 Å². The third-order valence-corrected chi connectivity index (χ3v) is 6.39. The molecule has 2 fully saturated rings. The predicted octanol–water partition coefficient (Wildman–Crippen LogP) is 1.36. The van der Waals surface area contributed by atoms with Crippen molar-refractivity contribution in [3.8, 4) is 5.97 Å². The molecule has 3 aliphatic heterocycles. The predicted molar refractivity (Wildman–Crippen MR) is 103 cm³/mol. The lowest BCUT2D eigenvalue weighted by Gasteiger charge is -2.34. The molecule has 150 valence electrons. The van der Waals surface area contributed by atoms with E-state index in [4.69, 9.17) is 4.74 Å². The molecule has 8 nitrogen and oxygen atoms in total. The maximum atomic E-state index is 12.0. The van der Waals surface area contributed by atoms with Crippen molar-refractivity contribution in [3.63, 3.8) is 0 Å². The van der Waals surface area contributed by atoms with E-state index in [-0.39, 0.29) is 37.1 Å². The number of hydrogen-bond acceptors (Lipinski definition) is 6. The van der Waals surface area contributed by atoms with E-state index in [1.807, 2.05) is 6.07 Å². The van der Waals surface area contributed by atoms with Crippen molar-refractivity contribution in [3.05, 3.63) is 34.4 Å². The summed E-state index contributed by atoms with van der Waals surface area (Å²) in [5.74, 6) is 0.633. The van der Waals surface area contributed by atoms with Crippen LogP contribution in [0.2, 0.25) is 12.6 Å². The van der Waals surface area contributed by atoms with Crippen LogP contribution in [0.15, 0.2) is 12.1 Å². The van der Waals surface area contributed by atoms with Crippen molar-refractivity contribution < 1.29 is 24.2 Å². The molecule has 0 bridgehead atoms. The summed E-state index contributed by atoms with van der Waals surface area (Å²) in [5, 5.41) is 24.3. The summed E-state index contributed by atoms with van der Waals surface area (Å²) in [6.07, 6.45) is 3.66. The minimum absolute atomic E-state index is 0.0419. The van der Waals surface area contributed by atoms with E-state index in [9.17, 15) is 24.8 Å².